The van der Waals surface area contributed by atoms with Crippen LogP contribution in [0, 0.1) is 17.5 Å². The van der Waals surface area contributed by atoms with Gasteiger partial charge in [-0.05, 0) is 35.9 Å². The smallest absolute Gasteiger partial charge is 0.262 e. The topological polar surface area (TPSA) is 67.2 Å². The average molecular weight is 436 g/mol. The lowest BCUT2D eigenvalue weighted by molar-refractivity contribution is 0.468. The Morgan fingerprint density at radius 1 is 1.03 bits per heavy atom. The molecule has 4 rings (SSSR count). The van der Waals surface area contributed by atoms with E-state index in [9.17, 15) is 21.6 Å². The van der Waals surface area contributed by atoms with Crippen molar-refractivity contribution in [2.24, 2.45) is 7.05 Å². The summed E-state index contributed by atoms with van der Waals surface area (Å²) in [5.74, 6) is -2.10. The molecule has 0 aliphatic carbocycles. The molecule has 0 spiro atoms. The highest BCUT2D eigenvalue weighted by Gasteiger charge is 2.41. The van der Waals surface area contributed by atoms with Crippen LogP contribution >= 0.6 is 0 Å². The number of aromatic nitrogens is 2. The van der Waals surface area contributed by atoms with Crippen LogP contribution in [0.4, 0.5) is 18.9 Å². The molecule has 0 amide bonds. The van der Waals surface area contributed by atoms with Gasteiger partial charge in [-0.3, -0.25) is 0 Å². The summed E-state index contributed by atoms with van der Waals surface area (Å²) in [5.41, 5.74) is 0.619. The maximum atomic E-state index is 14.2. The van der Waals surface area contributed by atoms with E-state index in [2.05, 4.69) is 10.3 Å². The van der Waals surface area contributed by atoms with Crippen LogP contribution in [0.5, 0.6) is 0 Å². The van der Waals surface area contributed by atoms with Crippen molar-refractivity contribution in [3.05, 3.63) is 78.0 Å². The summed E-state index contributed by atoms with van der Waals surface area (Å²) < 4.78 is 70.0. The summed E-state index contributed by atoms with van der Waals surface area (Å²) >= 11 is 0. The first-order valence-electron chi connectivity index (χ1n) is 9.19. The molecule has 6 nitrogen and oxygen atoms in total. The second-order valence-electron chi connectivity index (χ2n) is 7.23. The summed E-state index contributed by atoms with van der Waals surface area (Å²) in [4.78, 5) is 3.93. The van der Waals surface area contributed by atoms with Crippen molar-refractivity contribution in [2.75, 3.05) is 18.4 Å². The van der Waals surface area contributed by atoms with E-state index in [1.54, 1.807) is 19.2 Å². The van der Waals surface area contributed by atoms with E-state index >= 15 is 0 Å². The lowest BCUT2D eigenvalue weighted by atomic mass is 9.94. The normalized spacial score (nSPS) is 19.9. The molecule has 1 aliphatic rings. The van der Waals surface area contributed by atoms with E-state index < -0.39 is 39.4 Å². The SMILES string of the molecule is Cn1cnc(S(=O)(=O)N2C[C@H](Nc3cc(F)ccc3F)[C@@H](c3ccc(F)cc3)C2)c1. The highest BCUT2D eigenvalue weighted by atomic mass is 32.2. The minimum atomic E-state index is -3.89. The van der Waals surface area contributed by atoms with Gasteiger partial charge in [0, 0.05) is 38.3 Å². The number of nitrogens with one attached hydrogen (secondary N) is 1. The van der Waals surface area contributed by atoms with Crippen LogP contribution in [0.25, 0.3) is 0 Å². The number of hydrogen-bond donors (Lipinski definition) is 1. The van der Waals surface area contributed by atoms with Crippen LogP contribution in [0.2, 0.25) is 0 Å². The molecule has 1 saturated heterocycles. The molecule has 1 aliphatic heterocycles. The Labute approximate surface area is 172 Å². The van der Waals surface area contributed by atoms with E-state index in [0.29, 0.717) is 5.56 Å². The minimum absolute atomic E-state index is 0.0108. The first kappa shape index (κ1) is 20.4. The van der Waals surface area contributed by atoms with Gasteiger partial charge in [0.25, 0.3) is 10.0 Å². The second kappa shape index (κ2) is 7.77. The lowest BCUT2D eigenvalue weighted by Gasteiger charge is -2.21. The zero-order chi connectivity index (χ0) is 21.5. The Bertz CT molecular complexity index is 1170. The Morgan fingerprint density at radius 2 is 1.73 bits per heavy atom. The van der Waals surface area contributed by atoms with Gasteiger partial charge in [0.15, 0.2) is 5.03 Å². The van der Waals surface area contributed by atoms with Crippen LogP contribution < -0.4 is 5.32 Å². The number of hydrogen-bond acceptors (Lipinski definition) is 4. The monoisotopic (exact) mass is 436 g/mol. The molecule has 1 aromatic heterocycles. The molecule has 158 valence electrons. The molecule has 0 saturated carbocycles. The Morgan fingerprint density at radius 3 is 2.40 bits per heavy atom. The Kier molecular flexibility index (Phi) is 5.29. The molecule has 2 atom stereocenters. The molecule has 10 heteroatoms. The fourth-order valence-electron chi connectivity index (χ4n) is 3.62. The van der Waals surface area contributed by atoms with Gasteiger partial charge in [-0.25, -0.2) is 26.6 Å². The zero-order valence-electron chi connectivity index (χ0n) is 16.0. The molecular weight excluding hydrogens is 417 g/mol. The average Bonchev–Trinajstić information content (AvgIpc) is 3.33. The van der Waals surface area contributed by atoms with Crippen LogP contribution in [0.1, 0.15) is 11.5 Å². The summed E-state index contributed by atoms with van der Waals surface area (Å²) in [7, 11) is -2.23. The van der Waals surface area contributed by atoms with Gasteiger partial charge in [-0.15, -0.1) is 0 Å². The summed E-state index contributed by atoms with van der Waals surface area (Å²) in [6, 6.07) is 8.15. The molecule has 30 heavy (non-hydrogen) atoms. The molecule has 1 fully saturated rings. The van der Waals surface area contributed by atoms with Gasteiger partial charge in [0.2, 0.25) is 0 Å². The number of rotatable bonds is 5. The molecule has 3 aromatic rings. The fourth-order valence-corrected chi connectivity index (χ4v) is 5.08. The van der Waals surface area contributed by atoms with Crippen molar-refractivity contribution in [2.45, 2.75) is 17.0 Å². The van der Waals surface area contributed by atoms with E-state index in [4.69, 9.17) is 0 Å². The number of halogens is 3. The third-order valence-electron chi connectivity index (χ3n) is 5.14. The van der Waals surface area contributed by atoms with Gasteiger partial charge < -0.3 is 9.88 Å². The molecule has 2 aromatic carbocycles. The maximum Gasteiger partial charge on any atom is 0.262 e. The van der Waals surface area contributed by atoms with Crippen molar-refractivity contribution in [3.63, 3.8) is 0 Å². The lowest BCUT2D eigenvalue weighted by Crippen LogP contribution is -2.32. The highest BCUT2D eigenvalue weighted by Crippen LogP contribution is 2.34. The molecule has 2 heterocycles. The standard InChI is InChI=1S/C20H19F3N4O2S/c1-26-11-20(24-12-26)30(28,29)27-9-16(13-2-4-14(21)5-3-13)19(10-27)25-18-8-15(22)6-7-17(18)23/h2-8,11-12,16,19,25H,9-10H2,1H3/t16-,19+/m1/s1. The van der Waals surface area contributed by atoms with Crippen LogP contribution in [-0.2, 0) is 17.1 Å². The Hall–Kier alpha value is -2.85. The van der Waals surface area contributed by atoms with Crippen LogP contribution in [0.15, 0.2) is 60.0 Å². The van der Waals surface area contributed by atoms with Crippen molar-refractivity contribution >= 4 is 15.7 Å². The first-order valence-corrected chi connectivity index (χ1v) is 10.6. The van der Waals surface area contributed by atoms with E-state index in [0.717, 1.165) is 18.2 Å². The quantitative estimate of drug-likeness (QED) is 0.668. The van der Waals surface area contributed by atoms with Gasteiger partial charge >= 0.3 is 0 Å². The second-order valence-corrected chi connectivity index (χ2v) is 9.12. The molecule has 0 bridgehead atoms. The predicted molar refractivity (Wildman–Crippen MR) is 105 cm³/mol. The number of imidazole rings is 1. The summed E-state index contributed by atoms with van der Waals surface area (Å²) in [6.07, 6.45) is 2.79. The number of aryl methyl sites for hydroxylation is 1. The van der Waals surface area contributed by atoms with Crippen molar-refractivity contribution < 1.29 is 21.6 Å². The highest BCUT2D eigenvalue weighted by molar-refractivity contribution is 7.89. The van der Waals surface area contributed by atoms with Crippen molar-refractivity contribution in [3.8, 4) is 0 Å². The summed E-state index contributed by atoms with van der Waals surface area (Å²) in [5, 5.41) is 2.83. The number of anilines is 1. The molecule has 1 N–H and O–H groups in total. The van der Waals surface area contributed by atoms with Crippen molar-refractivity contribution in [1.29, 1.82) is 0 Å². The predicted octanol–water partition coefficient (Wildman–Crippen LogP) is 3.11. The number of nitrogens with zero attached hydrogens (tertiary/aromatic N) is 3. The van der Waals surface area contributed by atoms with Crippen LogP contribution in [0.3, 0.4) is 0 Å². The maximum absolute atomic E-state index is 14.2. The molecular formula is C20H19F3N4O2S. The number of sulfonamides is 1. The minimum Gasteiger partial charge on any atom is -0.378 e. The van der Waals surface area contributed by atoms with Gasteiger partial charge in [-0.2, -0.15) is 4.31 Å². The zero-order valence-corrected chi connectivity index (χ0v) is 16.8. The molecule has 0 radical (unpaired) electrons. The summed E-state index contributed by atoms with van der Waals surface area (Å²) in [6.45, 7) is 0.0933. The Balaban J connectivity index is 1.68. The number of benzene rings is 2. The van der Waals surface area contributed by atoms with Gasteiger partial charge in [0.05, 0.1) is 12.0 Å². The largest absolute Gasteiger partial charge is 0.378 e. The third-order valence-corrected chi connectivity index (χ3v) is 6.86. The van der Waals surface area contributed by atoms with Gasteiger partial charge in [-0.1, -0.05) is 12.1 Å². The fraction of sp³-hybridized carbons (Fsp3) is 0.250. The van der Waals surface area contributed by atoms with Crippen molar-refractivity contribution in [1.82, 2.24) is 13.9 Å². The van der Waals surface area contributed by atoms with Gasteiger partial charge in [0.1, 0.15) is 17.5 Å². The third kappa shape index (κ3) is 3.92. The van der Waals surface area contributed by atoms with E-state index in [1.807, 2.05) is 0 Å². The van der Waals surface area contributed by atoms with E-state index in [-0.39, 0.29) is 23.8 Å². The molecule has 0 unspecified atom stereocenters. The van der Waals surface area contributed by atoms with E-state index in [1.165, 1.54) is 33.5 Å². The van der Waals surface area contributed by atoms with Crippen LogP contribution in [-0.4, -0.2) is 41.4 Å². The first-order chi connectivity index (χ1) is 14.2.